The number of hydrogen-bond acceptors (Lipinski definition) is 2. The molecule has 0 amide bonds. The molecule has 0 aliphatic carbocycles. The smallest absolute Gasteiger partial charge is 0.171 e. The van der Waals surface area contributed by atoms with Gasteiger partial charge in [0.1, 0.15) is 0 Å². The first-order valence-corrected chi connectivity index (χ1v) is 7.44. The van der Waals surface area contributed by atoms with Crippen molar-refractivity contribution in [3.05, 3.63) is 29.8 Å². The van der Waals surface area contributed by atoms with Crippen molar-refractivity contribution in [2.45, 2.75) is 31.7 Å². The third-order valence-corrected chi connectivity index (χ3v) is 4.61. The summed E-state index contributed by atoms with van der Waals surface area (Å²) >= 11 is 5.47. The van der Waals surface area contributed by atoms with Crippen LogP contribution in [0.4, 0.5) is 5.69 Å². The van der Waals surface area contributed by atoms with Crippen LogP contribution in [0.3, 0.4) is 0 Å². The highest BCUT2D eigenvalue weighted by Crippen LogP contribution is 2.31. The summed E-state index contributed by atoms with van der Waals surface area (Å²) in [7, 11) is 0. The Kier molecular flexibility index (Phi) is 3.46. The van der Waals surface area contributed by atoms with E-state index in [1.165, 1.54) is 44.5 Å². The van der Waals surface area contributed by atoms with Crippen LogP contribution in [0.1, 0.15) is 24.8 Å². The van der Waals surface area contributed by atoms with Crippen molar-refractivity contribution in [2.24, 2.45) is 0 Å². The first kappa shape index (κ1) is 12.9. The monoisotopic (exact) mass is 275 g/mol. The molecule has 3 nitrogen and oxygen atoms in total. The highest BCUT2D eigenvalue weighted by atomic mass is 32.1. The van der Waals surface area contributed by atoms with Gasteiger partial charge >= 0.3 is 0 Å². The zero-order valence-electron chi connectivity index (χ0n) is 11.4. The number of rotatable bonds is 2. The van der Waals surface area contributed by atoms with Crippen molar-refractivity contribution < 1.29 is 0 Å². The molecule has 1 aromatic rings. The molecule has 19 heavy (non-hydrogen) atoms. The minimum Gasteiger partial charge on any atom is -0.357 e. The van der Waals surface area contributed by atoms with Gasteiger partial charge in [0.2, 0.25) is 0 Å². The number of hydrogen-bond donors (Lipinski definition) is 2. The summed E-state index contributed by atoms with van der Waals surface area (Å²) in [6.45, 7) is 5.72. The van der Waals surface area contributed by atoms with Crippen LogP contribution in [0, 0.1) is 6.92 Å². The molecule has 1 aromatic carbocycles. The predicted molar refractivity (Wildman–Crippen MR) is 83.6 cm³/mol. The van der Waals surface area contributed by atoms with Crippen molar-refractivity contribution in [1.29, 1.82) is 0 Å². The van der Waals surface area contributed by atoms with Crippen LogP contribution in [-0.2, 0) is 0 Å². The van der Waals surface area contributed by atoms with Crippen LogP contribution in [0.5, 0.6) is 0 Å². The fourth-order valence-corrected chi connectivity index (χ4v) is 3.39. The maximum Gasteiger partial charge on any atom is 0.171 e. The second-order valence-corrected chi connectivity index (χ2v) is 6.23. The van der Waals surface area contributed by atoms with E-state index in [2.05, 4.69) is 46.7 Å². The van der Waals surface area contributed by atoms with Gasteiger partial charge in [-0.1, -0.05) is 17.7 Å². The lowest BCUT2D eigenvalue weighted by Gasteiger charge is -2.49. The lowest BCUT2D eigenvalue weighted by atomic mass is 9.80. The third-order valence-electron chi connectivity index (χ3n) is 4.41. The van der Waals surface area contributed by atoms with Gasteiger partial charge in [0.25, 0.3) is 0 Å². The highest BCUT2D eigenvalue weighted by molar-refractivity contribution is 7.80. The molecular formula is C15H21N3S. The van der Waals surface area contributed by atoms with Crippen LogP contribution in [0.15, 0.2) is 24.3 Å². The Hall–Kier alpha value is -1.13. The average molecular weight is 275 g/mol. The Morgan fingerprint density at radius 1 is 1.11 bits per heavy atom. The minimum atomic E-state index is 0.240. The van der Waals surface area contributed by atoms with Crippen molar-refractivity contribution in [2.75, 3.05) is 25.0 Å². The zero-order valence-corrected chi connectivity index (χ0v) is 12.2. The Morgan fingerprint density at radius 3 is 2.26 bits per heavy atom. The molecule has 0 saturated carbocycles. The fourth-order valence-electron chi connectivity index (χ4n) is 3.05. The van der Waals surface area contributed by atoms with Gasteiger partial charge in [0.15, 0.2) is 5.11 Å². The number of nitrogens with one attached hydrogen (secondary N) is 2. The molecular weight excluding hydrogens is 254 g/mol. The van der Waals surface area contributed by atoms with Crippen molar-refractivity contribution in [3.63, 3.8) is 0 Å². The molecule has 3 aliphatic rings. The van der Waals surface area contributed by atoms with Crippen LogP contribution < -0.4 is 10.6 Å². The first-order chi connectivity index (χ1) is 9.15. The van der Waals surface area contributed by atoms with E-state index in [9.17, 15) is 0 Å². The molecule has 3 aliphatic heterocycles. The molecule has 0 spiro atoms. The van der Waals surface area contributed by atoms with E-state index in [0.29, 0.717) is 0 Å². The number of piperidine rings is 3. The van der Waals surface area contributed by atoms with Crippen LogP contribution >= 0.6 is 12.2 Å². The van der Waals surface area contributed by atoms with Gasteiger partial charge in [-0.2, -0.15) is 0 Å². The van der Waals surface area contributed by atoms with Gasteiger partial charge in [-0.3, -0.25) is 0 Å². The van der Waals surface area contributed by atoms with Crippen LogP contribution in [0.2, 0.25) is 0 Å². The van der Waals surface area contributed by atoms with E-state index < -0.39 is 0 Å². The molecule has 2 N–H and O–H groups in total. The van der Waals surface area contributed by atoms with Gasteiger partial charge in [0.05, 0.1) is 0 Å². The zero-order chi connectivity index (χ0) is 13.3. The Morgan fingerprint density at radius 2 is 1.68 bits per heavy atom. The van der Waals surface area contributed by atoms with Crippen LogP contribution in [-0.4, -0.2) is 35.2 Å². The fraction of sp³-hybridized carbons (Fsp3) is 0.533. The molecule has 0 aromatic heterocycles. The van der Waals surface area contributed by atoms with Crippen molar-refractivity contribution >= 4 is 23.0 Å². The lowest BCUT2D eigenvalue weighted by Crippen LogP contribution is -2.61. The summed E-state index contributed by atoms with van der Waals surface area (Å²) in [5.74, 6) is 0. The van der Waals surface area contributed by atoms with E-state index in [1.54, 1.807) is 0 Å². The molecule has 4 heteroatoms. The molecule has 0 atom stereocenters. The average Bonchev–Trinajstić information content (AvgIpc) is 2.43. The number of fused-ring (bicyclic) bond motifs is 3. The van der Waals surface area contributed by atoms with Crippen molar-refractivity contribution in [3.8, 4) is 0 Å². The van der Waals surface area contributed by atoms with Gasteiger partial charge in [-0.25, -0.2) is 0 Å². The van der Waals surface area contributed by atoms with E-state index in [0.717, 1.165) is 10.8 Å². The van der Waals surface area contributed by atoms with Crippen LogP contribution in [0.25, 0.3) is 0 Å². The van der Waals surface area contributed by atoms with Gasteiger partial charge in [0, 0.05) is 30.9 Å². The topological polar surface area (TPSA) is 27.3 Å². The number of aryl methyl sites for hydroxylation is 1. The summed E-state index contributed by atoms with van der Waals surface area (Å²) in [4.78, 5) is 2.54. The predicted octanol–water partition coefficient (Wildman–Crippen LogP) is 2.52. The summed E-state index contributed by atoms with van der Waals surface area (Å²) in [5.41, 5.74) is 2.57. The molecule has 0 unspecified atom stereocenters. The first-order valence-electron chi connectivity index (χ1n) is 7.03. The number of thiocarbonyl (C=S) groups is 1. The number of nitrogens with zero attached hydrogens (tertiary/aromatic N) is 1. The molecule has 3 fully saturated rings. The Balaban J connectivity index is 1.60. The maximum absolute atomic E-state index is 5.47. The highest BCUT2D eigenvalue weighted by Gasteiger charge is 2.39. The summed E-state index contributed by atoms with van der Waals surface area (Å²) in [6, 6.07) is 8.35. The van der Waals surface area contributed by atoms with Gasteiger partial charge in [-0.05, 0) is 50.5 Å². The van der Waals surface area contributed by atoms with Gasteiger partial charge < -0.3 is 15.5 Å². The summed E-state index contributed by atoms with van der Waals surface area (Å²) in [6.07, 6.45) is 3.63. The lowest BCUT2D eigenvalue weighted by molar-refractivity contribution is 0.0743. The molecule has 102 valence electrons. The van der Waals surface area contributed by atoms with E-state index in [4.69, 9.17) is 12.2 Å². The molecule has 0 radical (unpaired) electrons. The number of benzene rings is 1. The maximum atomic E-state index is 5.47. The minimum absolute atomic E-state index is 0.240. The van der Waals surface area contributed by atoms with Crippen molar-refractivity contribution in [1.82, 2.24) is 10.2 Å². The number of anilines is 1. The molecule has 3 saturated heterocycles. The molecule has 4 rings (SSSR count). The summed E-state index contributed by atoms with van der Waals surface area (Å²) in [5, 5.41) is 7.64. The SMILES string of the molecule is Cc1ccc(NC(=S)NC23CCN(CC2)CC3)cc1. The second kappa shape index (κ2) is 5.10. The van der Waals surface area contributed by atoms with Gasteiger partial charge in [-0.15, -0.1) is 0 Å². The van der Waals surface area contributed by atoms with E-state index >= 15 is 0 Å². The second-order valence-electron chi connectivity index (χ2n) is 5.82. The van der Waals surface area contributed by atoms with E-state index in [1.807, 2.05) is 0 Å². The largest absolute Gasteiger partial charge is 0.357 e. The standard InChI is InChI=1S/C15H21N3S/c1-12-2-4-13(5-3-12)16-14(19)17-15-6-9-18(10-7-15)11-8-15/h2-5H,6-11H2,1H3,(H2,16,17,19). The third kappa shape index (κ3) is 2.90. The normalized spacial score (nSPS) is 29.0. The molecule has 3 heterocycles. The Labute approximate surface area is 120 Å². The summed E-state index contributed by atoms with van der Waals surface area (Å²) < 4.78 is 0. The quantitative estimate of drug-likeness (QED) is 0.811. The van der Waals surface area contributed by atoms with E-state index in [-0.39, 0.29) is 5.54 Å². The Bertz CT molecular complexity index is 447. The molecule has 2 bridgehead atoms.